The van der Waals surface area contributed by atoms with E-state index < -0.39 is 0 Å². The summed E-state index contributed by atoms with van der Waals surface area (Å²) in [6.07, 6.45) is 3.42. The van der Waals surface area contributed by atoms with Gasteiger partial charge >= 0.3 is 0 Å². The number of para-hydroxylation sites is 1. The predicted octanol–water partition coefficient (Wildman–Crippen LogP) is 2.62. The Kier molecular flexibility index (Phi) is 6.72. The number of carbonyl (C=O) groups excluding carboxylic acids is 2. The lowest BCUT2D eigenvalue weighted by molar-refractivity contribution is -0.142. The van der Waals surface area contributed by atoms with E-state index in [1.54, 1.807) is 6.07 Å². The fourth-order valence-corrected chi connectivity index (χ4v) is 3.62. The number of rotatable bonds is 6. The summed E-state index contributed by atoms with van der Waals surface area (Å²) in [5.41, 5.74) is 0.567. The molecule has 2 aliphatic heterocycles. The van der Waals surface area contributed by atoms with E-state index in [-0.39, 0.29) is 24.0 Å². The van der Waals surface area contributed by atoms with Crippen LogP contribution in [0.2, 0.25) is 0 Å². The van der Waals surface area contributed by atoms with Gasteiger partial charge in [0.15, 0.2) is 0 Å². The molecule has 27 heavy (non-hydrogen) atoms. The molecule has 6 nitrogen and oxygen atoms in total. The van der Waals surface area contributed by atoms with Crippen molar-refractivity contribution in [3.8, 4) is 5.75 Å². The zero-order chi connectivity index (χ0) is 19.2. The molecule has 2 aliphatic rings. The second-order valence-corrected chi connectivity index (χ2v) is 7.71. The molecular weight excluding hydrogens is 344 g/mol. The largest absolute Gasteiger partial charge is 0.492 e. The van der Waals surface area contributed by atoms with Gasteiger partial charge in [-0.15, -0.1) is 0 Å². The van der Waals surface area contributed by atoms with Gasteiger partial charge in [0.1, 0.15) is 11.9 Å². The van der Waals surface area contributed by atoms with Gasteiger partial charge in [-0.25, -0.2) is 0 Å². The molecule has 0 aliphatic carbocycles. The molecule has 2 amide bonds. The van der Waals surface area contributed by atoms with Gasteiger partial charge in [0.05, 0.1) is 12.2 Å². The third-order valence-electron chi connectivity index (χ3n) is 5.16. The van der Waals surface area contributed by atoms with Crippen LogP contribution >= 0.6 is 0 Å². The van der Waals surface area contributed by atoms with Crippen LogP contribution in [-0.2, 0) is 9.53 Å². The number of hydrogen-bond acceptors (Lipinski definition) is 4. The van der Waals surface area contributed by atoms with Crippen molar-refractivity contribution < 1.29 is 19.1 Å². The maximum Gasteiger partial charge on any atom is 0.255 e. The van der Waals surface area contributed by atoms with Crippen molar-refractivity contribution in [1.29, 1.82) is 0 Å². The van der Waals surface area contributed by atoms with Crippen LogP contribution in [0.3, 0.4) is 0 Å². The van der Waals surface area contributed by atoms with Crippen molar-refractivity contribution in [3.05, 3.63) is 29.8 Å². The summed E-state index contributed by atoms with van der Waals surface area (Å²) >= 11 is 0. The molecule has 1 N–H and O–H groups in total. The minimum atomic E-state index is -0.232. The van der Waals surface area contributed by atoms with E-state index in [0.29, 0.717) is 30.4 Å². The summed E-state index contributed by atoms with van der Waals surface area (Å²) in [6.45, 7) is 6.64. The molecular formula is C21H30N2O4. The minimum absolute atomic E-state index is 0.0799. The number of amides is 2. The first kappa shape index (κ1) is 19.7. The average Bonchev–Trinajstić information content (AvgIpc) is 3.20. The fourth-order valence-electron chi connectivity index (χ4n) is 3.62. The molecule has 0 bridgehead atoms. The van der Waals surface area contributed by atoms with E-state index in [1.165, 1.54) is 0 Å². The lowest BCUT2D eigenvalue weighted by Crippen LogP contribution is -2.44. The molecule has 0 saturated carbocycles. The Hall–Kier alpha value is -2.08. The Labute approximate surface area is 161 Å². The highest BCUT2D eigenvalue weighted by molar-refractivity contribution is 5.97. The highest BCUT2D eigenvalue weighted by atomic mass is 16.5. The van der Waals surface area contributed by atoms with Crippen molar-refractivity contribution in [2.24, 2.45) is 5.92 Å². The molecule has 0 aromatic heterocycles. The summed E-state index contributed by atoms with van der Waals surface area (Å²) in [7, 11) is 0. The average molecular weight is 374 g/mol. The summed E-state index contributed by atoms with van der Waals surface area (Å²) in [5.74, 6) is 1.04. The molecule has 1 atom stereocenters. The maximum absolute atomic E-state index is 12.4. The number of hydrogen-bond donors (Lipinski definition) is 1. The molecule has 1 aromatic carbocycles. The standard InChI is InChI=1S/C21H30N2O4/c1-15(2)22-20(24)17-6-3-4-7-18(17)27-14-16-9-11-23(12-10-16)21(25)19-8-5-13-26-19/h3-4,6-7,15-16,19H,5,8-14H2,1-2H3,(H,22,24). The van der Waals surface area contributed by atoms with Gasteiger partial charge in [-0.05, 0) is 57.6 Å². The van der Waals surface area contributed by atoms with Crippen LogP contribution < -0.4 is 10.1 Å². The Morgan fingerprint density at radius 3 is 2.63 bits per heavy atom. The highest BCUT2D eigenvalue weighted by Gasteiger charge is 2.31. The normalized spacial score (nSPS) is 20.7. The number of benzene rings is 1. The quantitative estimate of drug-likeness (QED) is 0.831. The van der Waals surface area contributed by atoms with E-state index in [0.717, 1.165) is 38.8 Å². The van der Waals surface area contributed by atoms with Gasteiger partial charge in [-0.1, -0.05) is 12.1 Å². The Bertz CT molecular complexity index is 647. The molecule has 2 heterocycles. The molecule has 0 radical (unpaired) electrons. The number of carbonyl (C=O) groups is 2. The van der Waals surface area contributed by atoms with Gasteiger partial charge in [0, 0.05) is 25.7 Å². The van der Waals surface area contributed by atoms with Crippen molar-refractivity contribution >= 4 is 11.8 Å². The van der Waals surface area contributed by atoms with Crippen molar-refractivity contribution in [1.82, 2.24) is 10.2 Å². The van der Waals surface area contributed by atoms with Crippen LogP contribution in [0.4, 0.5) is 0 Å². The second-order valence-electron chi connectivity index (χ2n) is 7.71. The van der Waals surface area contributed by atoms with E-state index in [1.807, 2.05) is 36.9 Å². The number of nitrogens with one attached hydrogen (secondary N) is 1. The number of likely N-dealkylation sites (tertiary alicyclic amines) is 1. The summed E-state index contributed by atoms with van der Waals surface area (Å²) in [4.78, 5) is 26.7. The van der Waals surface area contributed by atoms with Gasteiger partial charge in [-0.2, -0.15) is 0 Å². The molecule has 3 rings (SSSR count). The first-order chi connectivity index (χ1) is 13.0. The lowest BCUT2D eigenvalue weighted by Gasteiger charge is -2.33. The van der Waals surface area contributed by atoms with Crippen LogP contribution in [0.5, 0.6) is 5.75 Å². The van der Waals surface area contributed by atoms with Gasteiger partial charge in [0.2, 0.25) is 0 Å². The summed E-state index contributed by atoms with van der Waals surface area (Å²) in [6, 6.07) is 7.43. The maximum atomic E-state index is 12.4. The Balaban J connectivity index is 1.49. The molecule has 6 heteroatoms. The van der Waals surface area contributed by atoms with Crippen LogP contribution in [-0.4, -0.2) is 55.2 Å². The highest BCUT2D eigenvalue weighted by Crippen LogP contribution is 2.24. The van der Waals surface area contributed by atoms with Crippen LogP contribution in [0.25, 0.3) is 0 Å². The van der Waals surface area contributed by atoms with Crippen LogP contribution in [0, 0.1) is 5.92 Å². The zero-order valence-electron chi connectivity index (χ0n) is 16.3. The second kappa shape index (κ2) is 9.22. The lowest BCUT2D eigenvalue weighted by atomic mass is 9.97. The molecule has 1 unspecified atom stereocenters. The number of piperidine rings is 1. The van der Waals surface area contributed by atoms with Crippen molar-refractivity contribution in [2.75, 3.05) is 26.3 Å². The first-order valence-corrected chi connectivity index (χ1v) is 9.97. The van der Waals surface area contributed by atoms with E-state index >= 15 is 0 Å². The van der Waals surface area contributed by atoms with Crippen LogP contribution in [0.15, 0.2) is 24.3 Å². The topological polar surface area (TPSA) is 67.9 Å². The molecule has 2 fully saturated rings. The molecule has 148 valence electrons. The number of ether oxygens (including phenoxy) is 2. The number of nitrogens with zero attached hydrogens (tertiary/aromatic N) is 1. The molecule has 0 spiro atoms. The predicted molar refractivity (Wildman–Crippen MR) is 103 cm³/mol. The third kappa shape index (κ3) is 5.22. The first-order valence-electron chi connectivity index (χ1n) is 9.97. The zero-order valence-corrected chi connectivity index (χ0v) is 16.3. The monoisotopic (exact) mass is 374 g/mol. The summed E-state index contributed by atoms with van der Waals surface area (Å²) in [5, 5.41) is 2.91. The van der Waals surface area contributed by atoms with E-state index in [2.05, 4.69) is 5.32 Å². The van der Waals surface area contributed by atoms with Crippen LogP contribution in [0.1, 0.15) is 49.9 Å². The molecule has 1 aromatic rings. The van der Waals surface area contributed by atoms with Crippen molar-refractivity contribution in [3.63, 3.8) is 0 Å². The molecule has 2 saturated heterocycles. The van der Waals surface area contributed by atoms with Gasteiger partial charge in [-0.3, -0.25) is 9.59 Å². The van der Waals surface area contributed by atoms with Crippen molar-refractivity contribution in [2.45, 2.75) is 51.7 Å². The van der Waals surface area contributed by atoms with Gasteiger partial charge in [0.25, 0.3) is 11.8 Å². The Morgan fingerprint density at radius 1 is 1.22 bits per heavy atom. The van der Waals surface area contributed by atoms with E-state index in [9.17, 15) is 9.59 Å². The smallest absolute Gasteiger partial charge is 0.255 e. The van der Waals surface area contributed by atoms with Gasteiger partial charge < -0.3 is 19.7 Å². The summed E-state index contributed by atoms with van der Waals surface area (Å²) < 4.78 is 11.5. The SMILES string of the molecule is CC(C)NC(=O)c1ccccc1OCC1CCN(C(=O)C2CCCO2)CC1. The third-order valence-corrected chi connectivity index (χ3v) is 5.16. The minimum Gasteiger partial charge on any atom is -0.492 e. The Morgan fingerprint density at radius 2 is 1.96 bits per heavy atom. The van der Waals surface area contributed by atoms with E-state index in [4.69, 9.17) is 9.47 Å². The fraction of sp³-hybridized carbons (Fsp3) is 0.619.